The Bertz CT molecular complexity index is 409. The van der Waals surface area contributed by atoms with Crippen LogP contribution in [0.2, 0.25) is 0 Å². The Kier molecular flexibility index (Phi) is 4.10. The number of rotatable bonds is 4. The maximum absolute atomic E-state index is 9.77. The number of benzene rings is 1. The molecule has 1 N–H and O–H groups in total. The van der Waals surface area contributed by atoms with Crippen molar-refractivity contribution in [2.24, 2.45) is 0 Å². The third-order valence-electron chi connectivity index (χ3n) is 4.29. The third kappa shape index (κ3) is 3.12. The van der Waals surface area contributed by atoms with Gasteiger partial charge in [0.1, 0.15) is 12.4 Å². The molecule has 1 aromatic rings. The van der Waals surface area contributed by atoms with Crippen molar-refractivity contribution in [2.75, 3.05) is 13.2 Å². The number of hydrogen-bond acceptors (Lipinski definition) is 3. The number of fused-ring (bicyclic) bond motifs is 2. The predicted molar refractivity (Wildman–Crippen MR) is 78.4 cm³/mol. The normalized spacial score (nSPS) is 30.5. The van der Waals surface area contributed by atoms with Crippen molar-refractivity contribution in [3.8, 4) is 5.75 Å². The number of halogens is 1. The Morgan fingerprint density at radius 3 is 2.42 bits per heavy atom. The summed E-state index contributed by atoms with van der Waals surface area (Å²) < 4.78 is 6.86. The zero-order valence-corrected chi connectivity index (χ0v) is 12.6. The Morgan fingerprint density at radius 2 is 1.79 bits per heavy atom. The molecule has 0 amide bonds. The summed E-state index contributed by atoms with van der Waals surface area (Å²) in [7, 11) is 0. The highest BCUT2D eigenvalue weighted by molar-refractivity contribution is 9.10. The van der Waals surface area contributed by atoms with Crippen LogP contribution in [0.3, 0.4) is 0 Å². The first-order chi connectivity index (χ1) is 9.22. The summed E-state index contributed by atoms with van der Waals surface area (Å²) in [4.78, 5) is 2.53. The van der Waals surface area contributed by atoms with Crippen LogP contribution in [0.25, 0.3) is 0 Å². The van der Waals surface area contributed by atoms with Crippen LogP contribution in [0.15, 0.2) is 28.7 Å². The minimum atomic E-state index is -0.0823. The third-order valence-corrected chi connectivity index (χ3v) is 4.82. The molecular formula is C15H20BrNO2. The van der Waals surface area contributed by atoms with E-state index < -0.39 is 0 Å². The average molecular weight is 326 g/mol. The topological polar surface area (TPSA) is 32.7 Å². The maximum atomic E-state index is 9.77. The van der Waals surface area contributed by atoms with E-state index in [0.717, 1.165) is 36.2 Å². The number of ether oxygens (including phenoxy) is 1. The van der Waals surface area contributed by atoms with Gasteiger partial charge in [0.2, 0.25) is 0 Å². The van der Waals surface area contributed by atoms with Crippen LogP contribution >= 0.6 is 15.9 Å². The van der Waals surface area contributed by atoms with E-state index in [0.29, 0.717) is 12.1 Å². The Hall–Kier alpha value is -0.580. The minimum Gasteiger partial charge on any atom is -0.492 e. The highest BCUT2D eigenvalue weighted by Gasteiger charge is 2.39. The molecule has 2 heterocycles. The lowest BCUT2D eigenvalue weighted by atomic mass is 10.0. The Balaban J connectivity index is 1.49. The summed E-state index contributed by atoms with van der Waals surface area (Å²) in [5, 5.41) is 9.77. The second-order valence-corrected chi connectivity index (χ2v) is 6.47. The molecule has 2 atom stereocenters. The summed E-state index contributed by atoms with van der Waals surface area (Å²) in [6.45, 7) is 1.70. The van der Waals surface area contributed by atoms with E-state index in [1.807, 2.05) is 24.3 Å². The second kappa shape index (κ2) is 5.81. The lowest BCUT2D eigenvalue weighted by molar-refractivity contribution is 0.0288. The summed E-state index contributed by atoms with van der Waals surface area (Å²) in [5.41, 5.74) is 0. The summed E-state index contributed by atoms with van der Waals surface area (Å²) in [6.07, 6.45) is 4.27. The van der Waals surface area contributed by atoms with Gasteiger partial charge in [0.25, 0.3) is 0 Å². The molecule has 2 saturated heterocycles. The minimum absolute atomic E-state index is 0.0823. The molecule has 19 heavy (non-hydrogen) atoms. The first-order valence-electron chi connectivity index (χ1n) is 7.04. The molecule has 1 aromatic carbocycles. The van der Waals surface area contributed by atoms with Gasteiger partial charge in [-0.25, -0.2) is 0 Å². The van der Waals surface area contributed by atoms with Gasteiger partial charge >= 0.3 is 0 Å². The van der Waals surface area contributed by atoms with Crippen LogP contribution in [-0.4, -0.2) is 41.3 Å². The van der Waals surface area contributed by atoms with Crippen molar-refractivity contribution >= 4 is 15.9 Å². The molecule has 2 aliphatic rings. The van der Waals surface area contributed by atoms with E-state index in [9.17, 15) is 5.11 Å². The smallest absolute Gasteiger partial charge is 0.119 e. The number of hydrogen-bond donors (Lipinski definition) is 1. The number of piperidine rings is 1. The highest BCUT2D eigenvalue weighted by Crippen LogP contribution is 2.35. The monoisotopic (exact) mass is 325 g/mol. The molecule has 0 saturated carbocycles. The molecular weight excluding hydrogens is 306 g/mol. The van der Waals surface area contributed by atoms with Crippen LogP contribution in [0.4, 0.5) is 0 Å². The van der Waals surface area contributed by atoms with E-state index in [1.54, 1.807) is 0 Å². The molecule has 4 heteroatoms. The van der Waals surface area contributed by atoms with Gasteiger partial charge in [-0.3, -0.25) is 4.90 Å². The van der Waals surface area contributed by atoms with E-state index in [1.165, 1.54) is 12.8 Å². The van der Waals surface area contributed by atoms with Crippen molar-refractivity contribution in [1.82, 2.24) is 4.90 Å². The van der Waals surface area contributed by atoms with Crippen molar-refractivity contribution in [2.45, 2.75) is 43.9 Å². The van der Waals surface area contributed by atoms with Gasteiger partial charge in [-0.15, -0.1) is 0 Å². The molecule has 0 aromatic heterocycles. The van der Waals surface area contributed by atoms with Crippen molar-refractivity contribution in [1.29, 1.82) is 0 Å². The van der Waals surface area contributed by atoms with Gasteiger partial charge in [0.05, 0.1) is 6.10 Å². The zero-order valence-electron chi connectivity index (χ0n) is 11.0. The SMILES string of the molecule is OC1CC2CCC(C1)N2CCOc1ccc(Br)cc1. The fraction of sp³-hybridized carbons (Fsp3) is 0.600. The molecule has 0 aliphatic carbocycles. The van der Waals surface area contributed by atoms with Gasteiger partial charge in [-0.05, 0) is 49.9 Å². The largest absolute Gasteiger partial charge is 0.492 e. The molecule has 0 spiro atoms. The van der Waals surface area contributed by atoms with E-state index in [4.69, 9.17) is 4.74 Å². The van der Waals surface area contributed by atoms with Crippen molar-refractivity contribution in [3.63, 3.8) is 0 Å². The average Bonchev–Trinajstić information content (AvgIpc) is 2.64. The molecule has 3 rings (SSSR count). The molecule has 104 valence electrons. The van der Waals surface area contributed by atoms with Gasteiger partial charge in [-0.2, -0.15) is 0 Å². The fourth-order valence-corrected chi connectivity index (χ4v) is 3.67. The first kappa shape index (κ1) is 13.4. The molecule has 2 bridgehead atoms. The highest BCUT2D eigenvalue weighted by atomic mass is 79.9. The van der Waals surface area contributed by atoms with Gasteiger partial charge in [-0.1, -0.05) is 15.9 Å². The summed E-state index contributed by atoms with van der Waals surface area (Å²) in [6, 6.07) is 9.11. The van der Waals surface area contributed by atoms with Gasteiger partial charge < -0.3 is 9.84 Å². The van der Waals surface area contributed by atoms with Crippen LogP contribution in [0.1, 0.15) is 25.7 Å². The quantitative estimate of drug-likeness (QED) is 0.924. The number of aliphatic hydroxyl groups is 1. The molecule has 2 fully saturated rings. The summed E-state index contributed by atoms with van der Waals surface area (Å²) in [5.74, 6) is 0.924. The maximum Gasteiger partial charge on any atom is 0.119 e. The van der Waals surface area contributed by atoms with E-state index in [2.05, 4.69) is 20.8 Å². The molecule has 3 nitrogen and oxygen atoms in total. The van der Waals surface area contributed by atoms with Crippen molar-refractivity contribution in [3.05, 3.63) is 28.7 Å². The number of nitrogens with zero attached hydrogens (tertiary/aromatic N) is 1. The predicted octanol–water partition coefficient (Wildman–Crippen LogP) is 2.82. The van der Waals surface area contributed by atoms with Crippen LogP contribution < -0.4 is 4.74 Å². The zero-order chi connectivity index (χ0) is 13.2. The molecule has 0 radical (unpaired) electrons. The van der Waals surface area contributed by atoms with Gasteiger partial charge in [0, 0.05) is 23.1 Å². The number of aliphatic hydroxyl groups excluding tert-OH is 1. The molecule has 2 unspecified atom stereocenters. The lowest BCUT2D eigenvalue weighted by Crippen LogP contribution is -2.46. The van der Waals surface area contributed by atoms with Crippen LogP contribution in [0, 0.1) is 0 Å². The first-order valence-corrected chi connectivity index (χ1v) is 7.84. The van der Waals surface area contributed by atoms with Crippen LogP contribution in [-0.2, 0) is 0 Å². The van der Waals surface area contributed by atoms with Crippen LogP contribution in [0.5, 0.6) is 5.75 Å². The van der Waals surface area contributed by atoms with E-state index in [-0.39, 0.29) is 6.10 Å². The Labute approximate surface area is 122 Å². The summed E-state index contributed by atoms with van der Waals surface area (Å²) >= 11 is 3.42. The second-order valence-electron chi connectivity index (χ2n) is 5.55. The molecule has 2 aliphatic heterocycles. The van der Waals surface area contributed by atoms with Gasteiger partial charge in [0.15, 0.2) is 0 Å². The fourth-order valence-electron chi connectivity index (χ4n) is 3.41. The Morgan fingerprint density at radius 1 is 1.16 bits per heavy atom. The lowest BCUT2D eigenvalue weighted by Gasteiger charge is -2.36. The van der Waals surface area contributed by atoms with Crippen molar-refractivity contribution < 1.29 is 9.84 Å². The van der Waals surface area contributed by atoms with E-state index >= 15 is 0 Å². The standard InChI is InChI=1S/C15H20BrNO2/c16-11-1-5-15(6-2-11)19-8-7-17-12-3-4-13(17)10-14(18)9-12/h1-2,5-6,12-14,18H,3-4,7-10H2.